The number of amides is 1. The number of nitrogens with one attached hydrogen (secondary N) is 1. The van der Waals surface area contributed by atoms with Gasteiger partial charge in [-0.15, -0.1) is 11.3 Å². The number of rotatable bonds is 6. The van der Waals surface area contributed by atoms with Gasteiger partial charge in [0.05, 0.1) is 12.6 Å². The van der Waals surface area contributed by atoms with Gasteiger partial charge in [-0.1, -0.05) is 29.3 Å². The van der Waals surface area contributed by atoms with Gasteiger partial charge in [-0.05, 0) is 55.6 Å². The summed E-state index contributed by atoms with van der Waals surface area (Å²) in [7, 11) is 1.94. The summed E-state index contributed by atoms with van der Waals surface area (Å²) >= 11 is 13.8. The number of carbonyl (C=O) groups is 1. The molecule has 0 unspecified atom stereocenters. The van der Waals surface area contributed by atoms with E-state index in [-0.39, 0.29) is 11.9 Å². The third-order valence-corrected chi connectivity index (χ3v) is 5.17. The van der Waals surface area contributed by atoms with E-state index in [1.165, 1.54) is 10.4 Å². The van der Waals surface area contributed by atoms with Gasteiger partial charge in [-0.3, -0.25) is 9.69 Å². The van der Waals surface area contributed by atoms with E-state index < -0.39 is 0 Å². The smallest absolute Gasteiger partial charge is 0.234 e. The van der Waals surface area contributed by atoms with Crippen LogP contribution in [0.3, 0.4) is 0 Å². The second kappa shape index (κ2) is 8.15. The Morgan fingerprint density at radius 1 is 1.35 bits per heavy atom. The predicted molar refractivity (Wildman–Crippen MR) is 98.4 cm³/mol. The van der Waals surface area contributed by atoms with Crippen LogP contribution in [0.15, 0.2) is 29.6 Å². The van der Waals surface area contributed by atoms with E-state index in [2.05, 4.69) is 23.7 Å². The Hall–Kier alpha value is -1.07. The number of aryl methyl sites for hydroxylation is 1. The highest BCUT2D eigenvalue weighted by molar-refractivity contribution is 7.10. The van der Waals surface area contributed by atoms with Crippen molar-refractivity contribution in [3.05, 3.63) is 55.7 Å². The number of hydrogen-bond acceptors (Lipinski definition) is 3. The first-order valence-corrected chi connectivity index (χ1v) is 8.96. The fourth-order valence-electron chi connectivity index (χ4n) is 2.33. The maximum absolute atomic E-state index is 12.2. The van der Waals surface area contributed by atoms with Crippen LogP contribution in [-0.4, -0.2) is 24.4 Å². The molecule has 1 amide bonds. The van der Waals surface area contributed by atoms with Crippen LogP contribution in [-0.2, 0) is 11.3 Å². The minimum absolute atomic E-state index is 0.0276. The minimum Gasteiger partial charge on any atom is -0.348 e. The summed E-state index contributed by atoms with van der Waals surface area (Å²) in [6.45, 7) is 5.11. The van der Waals surface area contributed by atoms with E-state index in [0.717, 1.165) is 12.1 Å². The molecule has 2 rings (SSSR count). The Kier molecular flexibility index (Phi) is 6.48. The normalized spacial score (nSPS) is 12.4. The zero-order valence-corrected chi connectivity index (χ0v) is 15.7. The molecular weight excluding hydrogens is 351 g/mol. The molecular formula is C17H20Cl2N2OS. The standard InChI is InChI=1S/C17H20Cl2N2OS/c1-11-6-7-23-16(11)9-21(3)10-17(22)20-12(2)14-5-4-13(18)8-15(14)19/h4-8,12H,9-10H2,1-3H3,(H,20,22)/t12-/m0/s1. The third-order valence-electron chi connectivity index (χ3n) is 3.60. The summed E-state index contributed by atoms with van der Waals surface area (Å²) in [6.07, 6.45) is 0. The van der Waals surface area contributed by atoms with Gasteiger partial charge in [0.2, 0.25) is 5.91 Å². The van der Waals surface area contributed by atoms with Gasteiger partial charge in [-0.2, -0.15) is 0 Å². The summed E-state index contributed by atoms with van der Waals surface area (Å²) in [5.74, 6) is -0.0276. The van der Waals surface area contributed by atoms with Gasteiger partial charge < -0.3 is 5.32 Å². The van der Waals surface area contributed by atoms with Crippen molar-refractivity contribution in [2.75, 3.05) is 13.6 Å². The fourth-order valence-corrected chi connectivity index (χ4v) is 3.89. The molecule has 23 heavy (non-hydrogen) atoms. The van der Waals surface area contributed by atoms with Crippen LogP contribution in [0.25, 0.3) is 0 Å². The number of likely N-dealkylation sites (N-methyl/N-ethyl adjacent to an activating group) is 1. The molecule has 0 aliphatic rings. The van der Waals surface area contributed by atoms with E-state index in [9.17, 15) is 4.79 Å². The van der Waals surface area contributed by atoms with Crippen LogP contribution >= 0.6 is 34.5 Å². The molecule has 6 heteroatoms. The lowest BCUT2D eigenvalue weighted by atomic mass is 10.1. The number of halogens is 2. The molecule has 124 valence electrons. The average molecular weight is 371 g/mol. The quantitative estimate of drug-likeness (QED) is 0.800. The molecule has 0 aliphatic heterocycles. The van der Waals surface area contributed by atoms with Crippen LogP contribution in [0, 0.1) is 6.92 Å². The summed E-state index contributed by atoms with van der Waals surface area (Å²) in [5.41, 5.74) is 2.13. The first-order valence-electron chi connectivity index (χ1n) is 7.32. The third kappa shape index (κ3) is 5.21. The average Bonchev–Trinajstić information content (AvgIpc) is 2.83. The van der Waals surface area contributed by atoms with Crippen molar-refractivity contribution in [3.63, 3.8) is 0 Å². The van der Waals surface area contributed by atoms with Crippen molar-refractivity contribution in [1.29, 1.82) is 0 Å². The molecule has 1 atom stereocenters. The lowest BCUT2D eigenvalue weighted by molar-refractivity contribution is -0.122. The molecule has 0 saturated carbocycles. The molecule has 0 radical (unpaired) electrons. The number of benzene rings is 1. The Morgan fingerprint density at radius 3 is 2.70 bits per heavy atom. The van der Waals surface area contributed by atoms with Crippen LogP contribution in [0.2, 0.25) is 10.0 Å². The molecule has 1 aromatic heterocycles. The maximum atomic E-state index is 12.2. The van der Waals surface area contributed by atoms with Crippen molar-refractivity contribution in [1.82, 2.24) is 10.2 Å². The zero-order chi connectivity index (χ0) is 17.0. The number of nitrogens with zero attached hydrogens (tertiary/aromatic N) is 1. The van der Waals surface area contributed by atoms with Crippen molar-refractivity contribution in [2.24, 2.45) is 0 Å². The van der Waals surface area contributed by atoms with E-state index >= 15 is 0 Å². The second-order valence-electron chi connectivity index (χ2n) is 5.65. The Bertz CT molecular complexity index is 687. The van der Waals surface area contributed by atoms with E-state index in [1.807, 2.05) is 24.9 Å². The van der Waals surface area contributed by atoms with Crippen molar-refractivity contribution in [3.8, 4) is 0 Å². The highest BCUT2D eigenvalue weighted by Crippen LogP contribution is 2.26. The molecule has 1 N–H and O–H groups in total. The summed E-state index contributed by atoms with van der Waals surface area (Å²) < 4.78 is 0. The zero-order valence-electron chi connectivity index (χ0n) is 13.4. The first kappa shape index (κ1) is 18.3. The number of carbonyl (C=O) groups excluding carboxylic acids is 1. The molecule has 1 aromatic carbocycles. The largest absolute Gasteiger partial charge is 0.348 e. The van der Waals surface area contributed by atoms with Crippen LogP contribution in [0.1, 0.15) is 29.0 Å². The number of thiophene rings is 1. The van der Waals surface area contributed by atoms with Crippen molar-refractivity contribution < 1.29 is 4.79 Å². The molecule has 3 nitrogen and oxygen atoms in total. The molecule has 0 bridgehead atoms. The summed E-state index contributed by atoms with van der Waals surface area (Å²) in [5, 5.41) is 6.20. The highest BCUT2D eigenvalue weighted by Gasteiger charge is 2.15. The molecule has 0 fully saturated rings. The maximum Gasteiger partial charge on any atom is 0.234 e. The van der Waals surface area contributed by atoms with E-state index in [0.29, 0.717) is 16.6 Å². The first-order chi connectivity index (χ1) is 10.9. The summed E-state index contributed by atoms with van der Waals surface area (Å²) in [4.78, 5) is 15.5. The highest BCUT2D eigenvalue weighted by atomic mass is 35.5. The molecule has 0 saturated heterocycles. The fraction of sp³-hybridized carbons (Fsp3) is 0.353. The molecule has 2 aromatic rings. The Labute approximate surface area is 151 Å². The van der Waals surface area contributed by atoms with Crippen LogP contribution in [0.5, 0.6) is 0 Å². The Morgan fingerprint density at radius 2 is 2.09 bits per heavy atom. The molecule has 1 heterocycles. The van der Waals surface area contributed by atoms with Crippen LogP contribution in [0.4, 0.5) is 0 Å². The molecule has 0 spiro atoms. The van der Waals surface area contributed by atoms with Gasteiger partial charge in [0, 0.05) is 21.5 Å². The minimum atomic E-state index is -0.163. The predicted octanol–water partition coefficient (Wildman–Crippen LogP) is 4.67. The van der Waals surface area contributed by atoms with Crippen LogP contribution < -0.4 is 5.32 Å². The topological polar surface area (TPSA) is 32.3 Å². The van der Waals surface area contributed by atoms with Gasteiger partial charge in [0.15, 0.2) is 0 Å². The SMILES string of the molecule is Cc1ccsc1CN(C)CC(=O)N[C@@H](C)c1ccc(Cl)cc1Cl. The van der Waals surface area contributed by atoms with Gasteiger partial charge in [-0.25, -0.2) is 0 Å². The lowest BCUT2D eigenvalue weighted by Gasteiger charge is -2.20. The Balaban J connectivity index is 1.89. The second-order valence-corrected chi connectivity index (χ2v) is 7.50. The lowest BCUT2D eigenvalue weighted by Crippen LogP contribution is -2.36. The monoisotopic (exact) mass is 370 g/mol. The van der Waals surface area contributed by atoms with Gasteiger partial charge in [0.25, 0.3) is 0 Å². The van der Waals surface area contributed by atoms with Gasteiger partial charge >= 0.3 is 0 Å². The molecule has 0 aliphatic carbocycles. The van der Waals surface area contributed by atoms with E-state index in [1.54, 1.807) is 23.5 Å². The van der Waals surface area contributed by atoms with Gasteiger partial charge in [0.1, 0.15) is 0 Å². The van der Waals surface area contributed by atoms with Crippen molar-refractivity contribution >= 4 is 40.4 Å². The van der Waals surface area contributed by atoms with E-state index in [4.69, 9.17) is 23.2 Å². The number of hydrogen-bond donors (Lipinski definition) is 1. The summed E-state index contributed by atoms with van der Waals surface area (Å²) in [6, 6.07) is 7.24. The van der Waals surface area contributed by atoms with Crippen molar-refractivity contribution in [2.45, 2.75) is 26.4 Å².